The predicted molar refractivity (Wildman–Crippen MR) is 314 cm³/mol. The molecule has 3 aliphatic heterocycles. The highest BCUT2D eigenvalue weighted by molar-refractivity contribution is 6.26. The molecule has 0 amide bonds. The third kappa shape index (κ3) is 12.9. The van der Waals surface area contributed by atoms with Gasteiger partial charge in [-0.2, -0.15) is 0 Å². The van der Waals surface area contributed by atoms with Crippen LogP contribution >= 0.6 is 11.6 Å². The Bertz CT molecular complexity index is 2450. The minimum Gasteiger partial charge on any atom is -0.464 e. The van der Waals surface area contributed by atoms with Gasteiger partial charge in [-0.1, -0.05) is 54.5 Å². The lowest BCUT2D eigenvalue weighted by Crippen LogP contribution is -2.70. The van der Waals surface area contributed by atoms with Crippen molar-refractivity contribution in [3.63, 3.8) is 0 Å². The zero-order chi connectivity index (χ0) is 63.5. The van der Waals surface area contributed by atoms with Crippen LogP contribution in [0, 0.1) is 45.8 Å². The van der Waals surface area contributed by atoms with Crippen LogP contribution in [0.15, 0.2) is 23.8 Å². The van der Waals surface area contributed by atoms with E-state index in [0.717, 1.165) is 0 Å². The smallest absolute Gasteiger partial charge is 0.338 e. The van der Waals surface area contributed by atoms with Gasteiger partial charge in [0.1, 0.15) is 30.1 Å². The third-order valence-electron chi connectivity index (χ3n) is 22.1. The maximum absolute atomic E-state index is 16.2. The minimum atomic E-state index is -2.05. The molecule has 0 aromatic heterocycles. The van der Waals surface area contributed by atoms with Gasteiger partial charge in [-0.3, -0.25) is 14.4 Å². The number of carbonyl (C=O) groups is 4. The Morgan fingerprint density at radius 1 is 0.894 bits per heavy atom. The average molecular weight is 1230 g/mol. The number of alkyl halides is 2. The second kappa shape index (κ2) is 26.3. The number of methoxy groups -OCH3 is 1. The van der Waals surface area contributed by atoms with E-state index >= 15 is 4.39 Å². The van der Waals surface area contributed by atoms with E-state index in [2.05, 4.69) is 13.8 Å². The largest absolute Gasteiger partial charge is 0.464 e. The summed E-state index contributed by atoms with van der Waals surface area (Å²) in [6, 6.07) is -0.902. The Morgan fingerprint density at radius 2 is 1.56 bits per heavy atom. The summed E-state index contributed by atoms with van der Waals surface area (Å²) < 4.78 is 67.7. The molecule has 5 N–H and O–H groups in total. The van der Waals surface area contributed by atoms with Crippen LogP contribution in [0.4, 0.5) is 4.39 Å². The molecule has 0 aromatic rings. The molecule has 4 aliphatic carbocycles. The lowest BCUT2D eigenvalue weighted by atomic mass is 9.45. The summed E-state index contributed by atoms with van der Waals surface area (Å²) in [4.78, 5) is 58.1. The zero-order valence-electron chi connectivity index (χ0n) is 53.7. The number of hydrogen-bond acceptors (Lipinski definition) is 19. The van der Waals surface area contributed by atoms with Crippen LogP contribution < -0.4 is 0 Å². The van der Waals surface area contributed by atoms with Crippen LogP contribution in [0.5, 0.6) is 0 Å². The van der Waals surface area contributed by atoms with Gasteiger partial charge in [0.15, 0.2) is 30.1 Å². The van der Waals surface area contributed by atoms with Crippen molar-refractivity contribution in [2.75, 3.05) is 41.4 Å². The number of esters is 3. The molecule has 3 saturated carbocycles. The molecular weight excluding hydrogens is 1120 g/mol. The molecule has 7 aliphatic rings. The monoisotopic (exact) mass is 1230 g/mol. The molecule has 21 heteroatoms. The first-order valence-electron chi connectivity index (χ1n) is 31.3. The topological polar surface area (TPSA) is 250 Å². The van der Waals surface area contributed by atoms with Crippen LogP contribution in [0.1, 0.15) is 161 Å². The van der Waals surface area contributed by atoms with Crippen molar-refractivity contribution >= 4 is 35.3 Å². The Labute approximate surface area is 509 Å². The lowest BCUT2D eigenvalue weighted by Gasteiger charge is -2.64. The van der Waals surface area contributed by atoms with Gasteiger partial charge >= 0.3 is 17.9 Å². The van der Waals surface area contributed by atoms with E-state index in [-0.39, 0.29) is 75.1 Å². The number of ketones is 1. The summed E-state index contributed by atoms with van der Waals surface area (Å²) in [6.07, 6.45) is -5.19. The molecule has 25 atom stereocenters. The van der Waals surface area contributed by atoms with Crippen LogP contribution in [0.3, 0.4) is 0 Å². The maximum Gasteiger partial charge on any atom is 0.338 e. The number of cyclic esters (lactones) is 1. The number of carbonyl (C=O) groups excluding carboxylic acids is 4. The van der Waals surface area contributed by atoms with Crippen molar-refractivity contribution in [1.82, 2.24) is 9.80 Å². The molecule has 486 valence electrons. The van der Waals surface area contributed by atoms with Crippen LogP contribution in [0.25, 0.3) is 0 Å². The second-order valence-electron chi connectivity index (χ2n) is 28.5. The van der Waals surface area contributed by atoms with Crippen molar-refractivity contribution < 1.29 is 87.0 Å². The summed E-state index contributed by atoms with van der Waals surface area (Å²) in [5.41, 5.74) is -7.84. The van der Waals surface area contributed by atoms with Gasteiger partial charge in [0.05, 0.1) is 59.6 Å². The van der Waals surface area contributed by atoms with Gasteiger partial charge in [0.25, 0.3) is 0 Å². The van der Waals surface area contributed by atoms with Gasteiger partial charge in [0, 0.05) is 42.7 Å². The Kier molecular flexibility index (Phi) is 21.6. The molecule has 85 heavy (non-hydrogen) atoms. The van der Waals surface area contributed by atoms with Crippen LogP contribution in [0.2, 0.25) is 0 Å². The number of hydrogen-bond donors (Lipinski definition) is 5. The van der Waals surface area contributed by atoms with Gasteiger partial charge in [-0.05, 0) is 168 Å². The number of aliphatic hydroxyl groups excluding tert-OH is 3. The molecule has 3 heterocycles. The highest BCUT2D eigenvalue weighted by Gasteiger charge is 2.76. The number of allylic oxidation sites excluding steroid dienone is 4. The van der Waals surface area contributed by atoms with Gasteiger partial charge in [0.2, 0.25) is 0 Å². The highest BCUT2D eigenvalue weighted by atomic mass is 35.5. The summed E-state index contributed by atoms with van der Waals surface area (Å²) in [6.45, 7) is 23.9. The molecule has 3 saturated heterocycles. The fraction of sp³-hybridized carbons (Fsp3) is 0.875. The van der Waals surface area contributed by atoms with Gasteiger partial charge in [-0.15, -0.1) is 11.6 Å². The summed E-state index contributed by atoms with van der Waals surface area (Å²) in [5, 5.41) is 59.4. The Hall–Kier alpha value is -2.70. The van der Waals surface area contributed by atoms with E-state index in [9.17, 15) is 44.7 Å². The normalized spacial score (nSPS) is 47.3. The van der Waals surface area contributed by atoms with Crippen LogP contribution in [-0.4, -0.2) is 208 Å². The first-order chi connectivity index (χ1) is 39.4. The molecule has 0 bridgehead atoms. The Balaban J connectivity index is 1.09. The van der Waals surface area contributed by atoms with E-state index in [1.165, 1.54) is 26.2 Å². The second-order valence-corrected chi connectivity index (χ2v) is 29.1. The zero-order valence-corrected chi connectivity index (χ0v) is 54.4. The molecule has 4 unspecified atom stereocenters. The number of unbranched alkanes of at least 4 members (excludes halogenated alkanes) is 1. The molecule has 0 radical (unpaired) electrons. The fourth-order valence-corrected chi connectivity index (χ4v) is 16.9. The number of fused-ring (bicyclic) bond motifs is 5. The number of ether oxygens (including phenoxy) is 8. The predicted octanol–water partition coefficient (Wildman–Crippen LogP) is 6.76. The first-order valence-corrected chi connectivity index (χ1v) is 31.7. The SMILES string of the molecule is CC[C@H]1OC(=O)[C@H](C)[C@@H](O[C@@H]2C[C@](C)(OC)[C@H](O)[C@@H](C)O2)[C@H](C)C(O[C@H]2O[C@@H](C)C[C@H](N(C)C)C2OC(=O)CCCCOC(=O)[C@@]2(O)[C@H](C)CC3C4C[C@H](F)C5=CC(=O)C=C[C@]5(C)[C@@]4(Cl)[C@@H](O)C[C@@]32C)C(C)(C)CCCN(C)[C@H](C)[C@H](O)[C@]1(C)O. The van der Waals surface area contributed by atoms with E-state index in [1.54, 1.807) is 54.5 Å². The van der Waals surface area contributed by atoms with E-state index < -0.39 is 159 Å². The van der Waals surface area contributed by atoms with E-state index in [0.29, 0.717) is 32.2 Å². The van der Waals surface area contributed by atoms with Crippen molar-refractivity contribution in [3.8, 4) is 0 Å². The molecule has 0 spiro atoms. The molecular formula is C64H104ClFN2O17. The van der Waals surface area contributed by atoms with Crippen molar-refractivity contribution in [2.24, 2.45) is 45.8 Å². The quantitative estimate of drug-likeness (QED) is 0.0522. The van der Waals surface area contributed by atoms with E-state index in [1.807, 2.05) is 51.7 Å². The highest BCUT2D eigenvalue weighted by Crippen LogP contribution is 2.71. The number of likely N-dealkylation sites (N-methyl/N-ethyl adjacent to an activating group) is 2. The van der Waals surface area contributed by atoms with Gasteiger partial charge < -0.3 is 73.2 Å². The number of aliphatic hydroxyl groups is 5. The molecule has 19 nitrogen and oxygen atoms in total. The average Bonchev–Trinajstić information content (AvgIpc) is 1.67. The molecule has 7 rings (SSSR count). The number of nitrogens with zero attached hydrogens (tertiary/aromatic N) is 2. The van der Waals surface area contributed by atoms with Crippen molar-refractivity contribution in [2.45, 2.75) is 268 Å². The first kappa shape index (κ1) is 69.8. The van der Waals surface area contributed by atoms with Gasteiger partial charge in [-0.25, -0.2) is 9.18 Å². The maximum atomic E-state index is 16.2. The Morgan fingerprint density at radius 3 is 2.20 bits per heavy atom. The van der Waals surface area contributed by atoms with Crippen molar-refractivity contribution in [1.29, 1.82) is 0 Å². The van der Waals surface area contributed by atoms with E-state index in [4.69, 9.17) is 49.5 Å². The minimum absolute atomic E-state index is 0.0648. The summed E-state index contributed by atoms with van der Waals surface area (Å²) in [7, 11) is 7.18. The number of halogens is 2. The third-order valence-corrected chi connectivity index (χ3v) is 23.0. The summed E-state index contributed by atoms with van der Waals surface area (Å²) in [5.74, 6) is -5.86. The lowest BCUT2D eigenvalue weighted by molar-refractivity contribution is -0.314. The molecule has 0 aromatic carbocycles. The van der Waals surface area contributed by atoms with Crippen LogP contribution in [-0.2, 0) is 57.1 Å². The van der Waals surface area contributed by atoms with Crippen molar-refractivity contribution in [3.05, 3.63) is 23.8 Å². The number of rotatable bonds is 14. The molecule has 6 fully saturated rings. The fourth-order valence-electron chi connectivity index (χ4n) is 16.4. The summed E-state index contributed by atoms with van der Waals surface area (Å²) >= 11 is 7.52. The standard InChI is InChI=1S/C64H104ClFN2O17/c1-18-47-62(13,76)52(72)38(6)68(16)26-21-24-58(8,9)54(36(4)50(37(5)55(74)82-47)84-49-33-61(12,78-17)53(73)39(7)81-49)85-56-51(45(67(14)15)29-35(3)80-56)83-48(71)22-19-20-27-79-57(75)64(77)34(2)28-41-42-31-44(66)43-30-40(69)23-25-59(43,10)63(42,65)46(70)32-60(41,64)11/h23,25,30,34-39,41-42,44-47,49-54,56,70,72-73,76-77H,18-22,24,26-29,31-33H2,1-17H3/t34-,35+,36+,37-,38-,39-,41?,42?,44+,45+,46+,47-,49-,50+,51?,52+,53-,54?,56-,59+,60+,61+,62-,63+,64+/m1/s1.